The fraction of sp³-hybridized carbons (Fsp3) is 0.438. The van der Waals surface area contributed by atoms with Gasteiger partial charge < -0.3 is 10.6 Å². The molecule has 1 aromatic heterocycles. The molecule has 2 fully saturated rings. The second-order valence-electron chi connectivity index (χ2n) is 11.3. The SMILES string of the molecule is CC(C)C[C@@H](C(N)=O)N(CC#N)[C@@H](c1ccc(-c2ccc(N3CCN(C4CC4)CC3)cc2)cc1)c1ccsc1. The molecule has 204 valence electrons. The topological polar surface area (TPSA) is 76.6 Å². The Morgan fingerprint density at radius 1 is 1.00 bits per heavy atom. The van der Waals surface area contributed by atoms with Crippen molar-refractivity contribution in [2.24, 2.45) is 11.7 Å². The molecule has 2 aliphatic rings. The van der Waals surface area contributed by atoms with Crippen LogP contribution in [-0.4, -0.2) is 60.5 Å². The summed E-state index contributed by atoms with van der Waals surface area (Å²) in [5.74, 6) is -0.107. The smallest absolute Gasteiger partial charge is 0.234 e. The van der Waals surface area contributed by atoms with E-state index in [1.807, 2.05) is 10.3 Å². The third-order valence-corrected chi connectivity index (χ3v) is 8.74. The molecular formula is C32H39N5OS. The van der Waals surface area contributed by atoms with Crippen molar-refractivity contribution >= 4 is 22.9 Å². The number of hydrogen-bond acceptors (Lipinski definition) is 6. The van der Waals surface area contributed by atoms with Crippen LogP contribution in [0, 0.1) is 17.2 Å². The van der Waals surface area contributed by atoms with Crippen LogP contribution in [0.1, 0.15) is 50.3 Å². The van der Waals surface area contributed by atoms with E-state index in [0.29, 0.717) is 6.42 Å². The Balaban J connectivity index is 1.35. The molecule has 0 unspecified atom stereocenters. The monoisotopic (exact) mass is 541 g/mol. The fourth-order valence-corrected chi connectivity index (χ4v) is 6.52. The van der Waals surface area contributed by atoms with Gasteiger partial charge in [0.05, 0.1) is 24.7 Å². The Bertz CT molecular complexity index is 1250. The number of carbonyl (C=O) groups excluding carboxylic acids is 1. The van der Waals surface area contributed by atoms with Gasteiger partial charge in [-0.05, 0) is 76.4 Å². The first kappa shape index (κ1) is 27.4. The first-order chi connectivity index (χ1) is 18.9. The summed E-state index contributed by atoms with van der Waals surface area (Å²) >= 11 is 1.62. The van der Waals surface area contributed by atoms with Gasteiger partial charge in [-0.15, -0.1) is 0 Å². The van der Waals surface area contributed by atoms with Crippen molar-refractivity contribution in [3.05, 3.63) is 76.5 Å². The van der Waals surface area contributed by atoms with E-state index in [1.165, 1.54) is 24.1 Å². The van der Waals surface area contributed by atoms with E-state index in [2.05, 4.69) is 89.7 Å². The van der Waals surface area contributed by atoms with E-state index in [1.54, 1.807) is 11.3 Å². The van der Waals surface area contributed by atoms with Crippen LogP contribution in [0.4, 0.5) is 5.69 Å². The number of benzene rings is 2. The maximum Gasteiger partial charge on any atom is 0.234 e. The zero-order valence-corrected chi connectivity index (χ0v) is 23.8. The maximum atomic E-state index is 12.6. The average Bonchev–Trinajstić information content (AvgIpc) is 3.67. The van der Waals surface area contributed by atoms with Gasteiger partial charge in [0.2, 0.25) is 5.91 Å². The number of anilines is 1. The van der Waals surface area contributed by atoms with Crippen molar-refractivity contribution in [1.29, 1.82) is 5.26 Å². The highest BCUT2D eigenvalue weighted by atomic mass is 32.1. The summed E-state index contributed by atoms with van der Waals surface area (Å²) in [5.41, 5.74) is 11.6. The van der Waals surface area contributed by atoms with Crippen LogP contribution in [0.2, 0.25) is 0 Å². The highest BCUT2D eigenvalue weighted by Crippen LogP contribution is 2.35. The van der Waals surface area contributed by atoms with E-state index in [4.69, 9.17) is 5.73 Å². The zero-order valence-electron chi connectivity index (χ0n) is 23.0. The Morgan fingerprint density at radius 3 is 2.15 bits per heavy atom. The fourth-order valence-electron chi connectivity index (χ4n) is 5.84. The standard InChI is InChI=1S/C32H39N5OS/c1-23(2)21-30(32(34)38)37(15-14-33)31(27-13-20-39-22-27)26-5-3-24(4-6-26)25-7-9-28(10-8-25)35-16-18-36(19-17-35)29-11-12-29/h3-10,13,20,22-23,29-31H,11-12,15-19,21H2,1-2H3,(H2,34,38)/t30-,31-/m0/s1. The lowest BCUT2D eigenvalue weighted by atomic mass is 9.93. The van der Waals surface area contributed by atoms with Gasteiger partial charge in [-0.2, -0.15) is 16.6 Å². The number of nitrogens with zero attached hydrogens (tertiary/aromatic N) is 4. The maximum absolute atomic E-state index is 12.6. The molecule has 5 rings (SSSR count). The molecule has 7 heteroatoms. The molecule has 3 aromatic rings. The van der Waals surface area contributed by atoms with Crippen molar-refractivity contribution in [3.8, 4) is 17.2 Å². The van der Waals surface area contributed by atoms with E-state index in [0.717, 1.165) is 48.9 Å². The summed E-state index contributed by atoms with van der Waals surface area (Å²) in [6.45, 7) is 8.79. The number of amides is 1. The van der Waals surface area contributed by atoms with Crippen molar-refractivity contribution in [2.75, 3.05) is 37.6 Å². The summed E-state index contributed by atoms with van der Waals surface area (Å²) in [5, 5.41) is 13.8. The van der Waals surface area contributed by atoms with Gasteiger partial charge >= 0.3 is 0 Å². The number of primary amides is 1. The van der Waals surface area contributed by atoms with Crippen LogP contribution < -0.4 is 10.6 Å². The molecule has 2 N–H and O–H groups in total. The van der Waals surface area contributed by atoms with Crippen molar-refractivity contribution < 1.29 is 4.79 Å². The molecule has 39 heavy (non-hydrogen) atoms. The number of nitrogens with two attached hydrogens (primary N) is 1. The Morgan fingerprint density at radius 2 is 1.64 bits per heavy atom. The molecule has 2 atom stereocenters. The molecule has 1 aliphatic heterocycles. The van der Waals surface area contributed by atoms with Gasteiger partial charge in [-0.25, -0.2) is 0 Å². The number of rotatable bonds is 11. The van der Waals surface area contributed by atoms with E-state index in [-0.39, 0.29) is 24.4 Å². The normalized spacial score (nSPS) is 17.8. The molecular weight excluding hydrogens is 502 g/mol. The van der Waals surface area contributed by atoms with Crippen LogP contribution in [0.25, 0.3) is 11.1 Å². The summed E-state index contributed by atoms with van der Waals surface area (Å²) < 4.78 is 0. The van der Waals surface area contributed by atoms with Gasteiger partial charge in [0.1, 0.15) is 0 Å². The predicted molar refractivity (Wildman–Crippen MR) is 160 cm³/mol. The third-order valence-electron chi connectivity index (χ3n) is 8.04. The summed E-state index contributed by atoms with van der Waals surface area (Å²) in [6.07, 6.45) is 3.36. The number of thiophene rings is 1. The molecule has 0 radical (unpaired) electrons. The number of hydrogen-bond donors (Lipinski definition) is 1. The summed E-state index contributed by atoms with van der Waals surface area (Å²) in [4.78, 5) is 19.7. The Hall–Kier alpha value is -3.18. The highest BCUT2D eigenvalue weighted by molar-refractivity contribution is 7.08. The zero-order chi connectivity index (χ0) is 27.4. The van der Waals surface area contributed by atoms with Gasteiger partial charge in [0, 0.05) is 37.9 Å². The Labute approximate surface area is 236 Å². The highest BCUT2D eigenvalue weighted by Gasteiger charge is 2.33. The first-order valence-corrected chi connectivity index (χ1v) is 15.0. The van der Waals surface area contributed by atoms with Crippen molar-refractivity contribution in [3.63, 3.8) is 0 Å². The quantitative estimate of drug-likeness (QED) is 0.324. The van der Waals surface area contributed by atoms with Gasteiger partial charge in [-0.1, -0.05) is 50.2 Å². The molecule has 1 saturated heterocycles. The van der Waals surface area contributed by atoms with Crippen LogP contribution in [0.15, 0.2) is 65.4 Å². The lowest BCUT2D eigenvalue weighted by Gasteiger charge is -2.36. The molecule has 6 nitrogen and oxygen atoms in total. The molecule has 1 saturated carbocycles. The summed E-state index contributed by atoms with van der Waals surface area (Å²) in [6, 6.07) is 21.9. The minimum atomic E-state index is -0.520. The van der Waals surface area contributed by atoms with Crippen molar-refractivity contribution in [2.45, 2.75) is 51.2 Å². The van der Waals surface area contributed by atoms with Crippen LogP contribution in [0.3, 0.4) is 0 Å². The van der Waals surface area contributed by atoms with Gasteiger partial charge in [-0.3, -0.25) is 14.6 Å². The summed E-state index contributed by atoms with van der Waals surface area (Å²) in [7, 11) is 0. The molecule has 1 aliphatic carbocycles. The van der Waals surface area contributed by atoms with Gasteiger partial charge in [0.25, 0.3) is 0 Å². The first-order valence-electron chi connectivity index (χ1n) is 14.1. The second-order valence-corrected chi connectivity index (χ2v) is 12.0. The number of piperazine rings is 1. The predicted octanol–water partition coefficient (Wildman–Crippen LogP) is 5.51. The average molecular weight is 542 g/mol. The van der Waals surface area contributed by atoms with Crippen molar-refractivity contribution in [1.82, 2.24) is 9.80 Å². The largest absolute Gasteiger partial charge is 0.369 e. The third kappa shape index (κ3) is 6.52. The minimum Gasteiger partial charge on any atom is -0.369 e. The molecule has 1 amide bonds. The van der Waals surface area contributed by atoms with E-state index < -0.39 is 6.04 Å². The van der Waals surface area contributed by atoms with Crippen LogP contribution >= 0.6 is 11.3 Å². The van der Waals surface area contributed by atoms with E-state index >= 15 is 0 Å². The Kier molecular flexibility index (Phi) is 8.66. The number of carbonyl (C=O) groups is 1. The molecule has 2 heterocycles. The number of nitriles is 1. The molecule has 0 spiro atoms. The minimum absolute atomic E-state index is 0.124. The second kappa shape index (κ2) is 12.3. The van der Waals surface area contributed by atoms with Crippen LogP contribution in [-0.2, 0) is 4.79 Å². The van der Waals surface area contributed by atoms with Gasteiger partial charge in [0.15, 0.2) is 0 Å². The molecule has 0 bridgehead atoms. The van der Waals surface area contributed by atoms with E-state index in [9.17, 15) is 10.1 Å². The molecule has 2 aromatic carbocycles. The lowest BCUT2D eigenvalue weighted by Crippen LogP contribution is -2.47. The lowest BCUT2D eigenvalue weighted by molar-refractivity contribution is -0.124. The van der Waals surface area contributed by atoms with Crippen LogP contribution in [0.5, 0.6) is 0 Å².